The van der Waals surface area contributed by atoms with Crippen LogP contribution in [0.3, 0.4) is 0 Å². The van der Waals surface area contributed by atoms with Crippen molar-refractivity contribution in [2.24, 2.45) is 0 Å². The molecule has 110 valence electrons. The molecule has 7 heteroatoms. The molecule has 0 saturated carbocycles. The van der Waals surface area contributed by atoms with E-state index in [1.165, 1.54) is 0 Å². The molecular weight excluding hydrogens is 363 g/mol. The molecule has 0 radical (unpaired) electrons. The van der Waals surface area contributed by atoms with E-state index < -0.39 is 6.09 Å². The number of carbonyl (C=O) groups is 1. The number of carbonyl (C=O) groups excluding carboxylic acids is 1. The van der Waals surface area contributed by atoms with Crippen molar-refractivity contribution in [2.45, 2.75) is 26.0 Å². The third-order valence-corrected chi connectivity index (χ3v) is 2.42. The van der Waals surface area contributed by atoms with Gasteiger partial charge in [0.2, 0.25) is 0 Å². The predicted octanol–water partition coefficient (Wildman–Crippen LogP) is 0.833. The van der Waals surface area contributed by atoms with Crippen LogP contribution in [0.25, 0.3) is 0 Å². The topological polar surface area (TPSA) is 79.8 Å². The number of rotatable bonds is 4. The first-order chi connectivity index (χ1) is 9.24. The van der Waals surface area contributed by atoms with Crippen molar-refractivity contribution in [1.82, 2.24) is 10.6 Å². The van der Waals surface area contributed by atoms with E-state index in [0.29, 0.717) is 11.0 Å². The number of aliphatic hydroxyl groups is 1. The monoisotopic (exact) mass is 384 g/mol. The molecule has 19 heavy (non-hydrogen) atoms. The molecule has 0 bridgehead atoms. The molecule has 0 aromatic heterocycles. The normalized spacial score (nSPS) is 16.7. The minimum atomic E-state index is -0.458. The van der Waals surface area contributed by atoms with E-state index in [9.17, 15) is 4.79 Å². The largest absolute Gasteiger partial charge is 0.421 e. The smallest absolute Gasteiger partial charge is 0.392 e. The summed E-state index contributed by atoms with van der Waals surface area (Å²) < 4.78 is 10.1. The second kappa shape index (κ2) is 13.9. The lowest BCUT2D eigenvalue weighted by molar-refractivity contribution is 0.0493. The van der Waals surface area contributed by atoms with Gasteiger partial charge in [0, 0.05) is 13.1 Å². The molecule has 1 heterocycles. The van der Waals surface area contributed by atoms with Crippen molar-refractivity contribution in [3.8, 4) is 12.0 Å². The van der Waals surface area contributed by atoms with Crippen molar-refractivity contribution >= 4 is 28.7 Å². The lowest BCUT2D eigenvalue weighted by Crippen LogP contribution is -2.25. The van der Waals surface area contributed by atoms with Gasteiger partial charge >= 0.3 is 6.09 Å². The zero-order valence-electron chi connectivity index (χ0n) is 11.1. The van der Waals surface area contributed by atoms with Crippen LogP contribution in [0.15, 0.2) is 0 Å². The summed E-state index contributed by atoms with van der Waals surface area (Å²) in [5, 5.41) is 13.9. The lowest BCUT2D eigenvalue weighted by Gasteiger charge is -2.01. The third kappa shape index (κ3) is 12.2. The van der Waals surface area contributed by atoms with Gasteiger partial charge in [-0.3, -0.25) is 5.32 Å². The number of unbranched alkanes of at least 4 members (excludes halogenated alkanes) is 1. The Morgan fingerprint density at radius 1 is 1.68 bits per heavy atom. The maximum atomic E-state index is 10.8. The molecule has 1 unspecified atom stereocenters. The minimum Gasteiger partial charge on any atom is -0.392 e. The van der Waals surface area contributed by atoms with Gasteiger partial charge in [-0.25, -0.2) is 4.79 Å². The summed E-state index contributed by atoms with van der Waals surface area (Å²) in [7, 11) is 0. The van der Waals surface area contributed by atoms with Crippen LogP contribution in [0.4, 0.5) is 4.79 Å². The molecule has 1 amide bonds. The second-order valence-electron chi connectivity index (χ2n) is 3.58. The van der Waals surface area contributed by atoms with Gasteiger partial charge in [-0.1, -0.05) is 35.9 Å². The lowest BCUT2D eigenvalue weighted by atomic mass is 10.3. The third-order valence-electron chi connectivity index (χ3n) is 2.04. The summed E-state index contributed by atoms with van der Waals surface area (Å²) in [6.07, 6.45) is 3.76. The molecule has 1 aliphatic rings. The average Bonchev–Trinajstić information content (AvgIpc) is 2.93. The van der Waals surface area contributed by atoms with Gasteiger partial charge in [0.1, 0.15) is 12.3 Å². The number of alkyl halides is 1. The number of halogens is 1. The second-order valence-corrected chi connectivity index (χ2v) is 4.34. The molecule has 1 saturated heterocycles. The quantitative estimate of drug-likeness (QED) is 0.290. The molecule has 1 fully saturated rings. The highest BCUT2D eigenvalue weighted by atomic mass is 127. The van der Waals surface area contributed by atoms with E-state index in [-0.39, 0.29) is 12.8 Å². The van der Waals surface area contributed by atoms with Crippen LogP contribution in [0, 0.1) is 12.0 Å². The zero-order chi connectivity index (χ0) is 14.3. The molecule has 1 rings (SSSR count). The number of hydrogen-bond donors (Lipinski definition) is 3. The van der Waals surface area contributed by atoms with E-state index in [1.807, 2.05) is 0 Å². The van der Waals surface area contributed by atoms with Crippen molar-refractivity contribution in [3.63, 3.8) is 0 Å². The highest BCUT2D eigenvalue weighted by Gasteiger charge is 2.10. The highest BCUT2D eigenvalue weighted by molar-refractivity contribution is 14.1. The Bertz CT molecular complexity index is 285. The van der Waals surface area contributed by atoms with Crippen molar-refractivity contribution in [3.05, 3.63) is 0 Å². The van der Waals surface area contributed by atoms with Crippen LogP contribution in [-0.2, 0) is 9.47 Å². The SMILES string of the molecule is CCCCNC(=O)OC#CCI.OCC1NCCO1. The first-order valence-corrected chi connectivity index (χ1v) is 7.71. The average molecular weight is 384 g/mol. The van der Waals surface area contributed by atoms with Gasteiger partial charge in [0.05, 0.1) is 17.6 Å². The van der Waals surface area contributed by atoms with Crippen LogP contribution in [0.2, 0.25) is 0 Å². The molecule has 0 aromatic rings. The molecule has 0 aliphatic carbocycles. The van der Waals surface area contributed by atoms with E-state index in [1.54, 1.807) is 0 Å². The van der Waals surface area contributed by atoms with E-state index in [4.69, 9.17) is 9.84 Å². The van der Waals surface area contributed by atoms with Crippen molar-refractivity contribution in [2.75, 3.05) is 30.7 Å². The fraction of sp³-hybridized carbons (Fsp3) is 0.750. The number of aliphatic hydroxyl groups excluding tert-OH is 1. The van der Waals surface area contributed by atoms with Crippen LogP contribution >= 0.6 is 22.6 Å². The number of hydrogen-bond acceptors (Lipinski definition) is 5. The summed E-state index contributed by atoms with van der Waals surface area (Å²) >= 11 is 2.08. The summed E-state index contributed by atoms with van der Waals surface area (Å²) in [6, 6.07) is 0. The van der Waals surface area contributed by atoms with E-state index >= 15 is 0 Å². The molecule has 0 spiro atoms. The first kappa shape index (κ1) is 18.4. The summed E-state index contributed by atoms with van der Waals surface area (Å²) in [4.78, 5) is 10.8. The van der Waals surface area contributed by atoms with Gasteiger partial charge in [0.15, 0.2) is 0 Å². The Kier molecular flexibility index (Phi) is 13.5. The fourth-order valence-corrected chi connectivity index (χ4v) is 1.27. The van der Waals surface area contributed by atoms with Crippen molar-refractivity contribution < 1.29 is 19.4 Å². The Morgan fingerprint density at radius 2 is 2.47 bits per heavy atom. The van der Waals surface area contributed by atoms with Crippen LogP contribution < -0.4 is 10.6 Å². The molecule has 0 aromatic carbocycles. The van der Waals surface area contributed by atoms with Gasteiger partial charge in [-0.15, -0.1) is 0 Å². The molecular formula is C12H21IN2O4. The minimum absolute atomic E-state index is 0.0833. The van der Waals surface area contributed by atoms with Crippen LogP contribution in [0.1, 0.15) is 19.8 Å². The predicted molar refractivity (Wildman–Crippen MR) is 80.9 cm³/mol. The number of nitrogens with one attached hydrogen (secondary N) is 2. The van der Waals surface area contributed by atoms with Crippen LogP contribution in [-0.4, -0.2) is 48.2 Å². The standard InChI is InChI=1S/C8H12INO2.C4H9NO2/c1-2-3-6-10-8(11)12-7-4-5-9;6-3-4-5-1-2-7-4/h2-3,5-6H2,1H3,(H,10,11);4-6H,1-3H2. The van der Waals surface area contributed by atoms with Gasteiger partial charge in [0.25, 0.3) is 0 Å². The van der Waals surface area contributed by atoms with E-state index in [2.05, 4.69) is 56.9 Å². The first-order valence-electron chi connectivity index (χ1n) is 6.18. The fourth-order valence-electron chi connectivity index (χ4n) is 1.11. The maximum Gasteiger partial charge on any atom is 0.421 e. The molecule has 3 N–H and O–H groups in total. The summed E-state index contributed by atoms with van der Waals surface area (Å²) in [5.41, 5.74) is 0. The molecule has 6 nitrogen and oxygen atoms in total. The maximum absolute atomic E-state index is 10.8. The Hall–Kier alpha value is -0.560. The van der Waals surface area contributed by atoms with Gasteiger partial charge in [-0.2, -0.15) is 0 Å². The highest BCUT2D eigenvalue weighted by Crippen LogP contribution is 1.91. The zero-order valence-corrected chi connectivity index (χ0v) is 13.2. The number of ether oxygens (including phenoxy) is 2. The van der Waals surface area contributed by atoms with E-state index in [0.717, 1.165) is 26.0 Å². The molecule has 1 aliphatic heterocycles. The number of alkyl carbamates (subject to hydrolysis) is 1. The van der Waals surface area contributed by atoms with Gasteiger partial charge < -0.3 is 19.9 Å². The van der Waals surface area contributed by atoms with Crippen molar-refractivity contribution in [1.29, 1.82) is 0 Å². The summed E-state index contributed by atoms with van der Waals surface area (Å²) in [5.74, 6) is 2.62. The number of amides is 1. The Balaban J connectivity index is 0.000000388. The van der Waals surface area contributed by atoms with Crippen LogP contribution in [0.5, 0.6) is 0 Å². The Morgan fingerprint density at radius 3 is 2.95 bits per heavy atom. The summed E-state index contributed by atoms with van der Waals surface area (Å²) in [6.45, 7) is 4.39. The van der Waals surface area contributed by atoms with Gasteiger partial charge in [-0.05, 0) is 12.3 Å². The Labute approximate surface area is 127 Å². The molecule has 1 atom stereocenters.